The molecule has 1 aliphatic carbocycles. The number of rotatable bonds is 3. The van der Waals surface area contributed by atoms with Crippen molar-refractivity contribution in [2.75, 3.05) is 13.2 Å². The van der Waals surface area contributed by atoms with E-state index in [9.17, 15) is 4.39 Å². The fourth-order valence-corrected chi connectivity index (χ4v) is 1.75. The van der Waals surface area contributed by atoms with E-state index < -0.39 is 18.9 Å². The van der Waals surface area contributed by atoms with Crippen molar-refractivity contribution in [1.82, 2.24) is 0 Å². The van der Waals surface area contributed by atoms with E-state index in [0.29, 0.717) is 0 Å². The van der Waals surface area contributed by atoms with Crippen LogP contribution in [-0.2, 0) is 0 Å². The predicted octanol–water partition coefficient (Wildman–Crippen LogP) is 0.870. The molecule has 0 aromatic heterocycles. The summed E-state index contributed by atoms with van der Waals surface area (Å²) in [5.74, 6) is -0.127. The standard InChI is InChI=1S/C8H15FO2/c9-8(5-10,6-11)7-3-1-2-4-7/h7,10-11H,1-6H2. The minimum Gasteiger partial charge on any atom is -0.393 e. The lowest BCUT2D eigenvalue weighted by atomic mass is 9.89. The lowest BCUT2D eigenvalue weighted by Crippen LogP contribution is -2.39. The van der Waals surface area contributed by atoms with Gasteiger partial charge in [-0.05, 0) is 18.8 Å². The van der Waals surface area contributed by atoms with Crippen LogP contribution in [0.25, 0.3) is 0 Å². The normalized spacial score (nSPS) is 21.0. The van der Waals surface area contributed by atoms with Crippen LogP contribution in [0, 0.1) is 5.92 Å². The largest absolute Gasteiger partial charge is 0.393 e. The van der Waals surface area contributed by atoms with E-state index in [1.54, 1.807) is 0 Å². The van der Waals surface area contributed by atoms with E-state index in [2.05, 4.69) is 0 Å². The van der Waals surface area contributed by atoms with E-state index in [4.69, 9.17) is 10.2 Å². The lowest BCUT2D eigenvalue weighted by Gasteiger charge is -2.26. The summed E-state index contributed by atoms with van der Waals surface area (Å²) < 4.78 is 13.5. The van der Waals surface area contributed by atoms with Crippen LogP contribution < -0.4 is 0 Å². The van der Waals surface area contributed by atoms with Gasteiger partial charge in [-0.3, -0.25) is 0 Å². The molecule has 0 amide bonds. The highest BCUT2D eigenvalue weighted by molar-refractivity contribution is 4.88. The zero-order chi connectivity index (χ0) is 8.32. The predicted molar refractivity (Wildman–Crippen MR) is 40.0 cm³/mol. The first kappa shape index (κ1) is 8.94. The number of hydrogen-bond donors (Lipinski definition) is 2. The number of hydrogen-bond acceptors (Lipinski definition) is 2. The molecule has 2 N–H and O–H groups in total. The van der Waals surface area contributed by atoms with Crippen LogP contribution in [-0.4, -0.2) is 29.1 Å². The van der Waals surface area contributed by atoms with Gasteiger partial charge in [0.05, 0.1) is 13.2 Å². The molecule has 0 aromatic rings. The topological polar surface area (TPSA) is 40.5 Å². The fourth-order valence-electron chi connectivity index (χ4n) is 1.75. The Labute approximate surface area is 66.0 Å². The molecule has 66 valence electrons. The summed E-state index contributed by atoms with van der Waals surface area (Å²) in [5, 5.41) is 17.4. The quantitative estimate of drug-likeness (QED) is 0.646. The Morgan fingerprint density at radius 3 is 2.00 bits per heavy atom. The van der Waals surface area contributed by atoms with E-state index in [1.165, 1.54) is 0 Å². The van der Waals surface area contributed by atoms with Gasteiger partial charge in [-0.15, -0.1) is 0 Å². The highest BCUT2D eigenvalue weighted by Gasteiger charge is 2.39. The zero-order valence-electron chi connectivity index (χ0n) is 6.59. The summed E-state index contributed by atoms with van der Waals surface area (Å²) in [6.45, 7) is -1.09. The van der Waals surface area contributed by atoms with Crippen LogP contribution >= 0.6 is 0 Å². The van der Waals surface area contributed by atoms with Gasteiger partial charge in [-0.1, -0.05) is 12.8 Å². The van der Waals surface area contributed by atoms with Gasteiger partial charge >= 0.3 is 0 Å². The average Bonchev–Trinajstić information content (AvgIpc) is 2.55. The highest BCUT2D eigenvalue weighted by Crippen LogP contribution is 2.36. The van der Waals surface area contributed by atoms with Gasteiger partial charge in [0, 0.05) is 0 Å². The van der Waals surface area contributed by atoms with Crippen LogP contribution in [0.4, 0.5) is 4.39 Å². The fraction of sp³-hybridized carbons (Fsp3) is 1.00. The maximum Gasteiger partial charge on any atom is 0.159 e. The molecule has 0 spiro atoms. The van der Waals surface area contributed by atoms with Crippen molar-refractivity contribution in [3.05, 3.63) is 0 Å². The monoisotopic (exact) mass is 162 g/mol. The smallest absolute Gasteiger partial charge is 0.159 e. The number of aliphatic hydroxyl groups is 2. The summed E-state index contributed by atoms with van der Waals surface area (Å²) in [6, 6.07) is 0. The molecule has 1 aliphatic rings. The third-order valence-corrected chi connectivity index (χ3v) is 2.61. The van der Waals surface area contributed by atoms with E-state index in [0.717, 1.165) is 25.7 Å². The molecular formula is C8H15FO2. The van der Waals surface area contributed by atoms with Crippen molar-refractivity contribution < 1.29 is 14.6 Å². The Balaban J connectivity index is 2.52. The minimum absolute atomic E-state index is 0.127. The lowest BCUT2D eigenvalue weighted by molar-refractivity contribution is -0.0276. The Bertz CT molecular complexity index is 117. The molecule has 1 fully saturated rings. The van der Waals surface area contributed by atoms with Crippen LogP contribution in [0.1, 0.15) is 25.7 Å². The van der Waals surface area contributed by atoms with Crippen molar-refractivity contribution in [3.8, 4) is 0 Å². The van der Waals surface area contributed by atoms with Crippen LogP contribution in [0.3, 0.4) is 0 Å². The van der Waals surface area contributed by atoms with Crippen LogP contribution in [0.5, 0.6) is 0 Å². The van der Waals surface area contributed by atoms with Crippen molar-refractivity contribution in [3.63, 3.8) is 0 Å². The van der Waals surface area contributed by atoms with Gasteiger partial charge in [-0.25, -0.2) is 4.39 Å². The molecule has 3 heteroatoms. The maximum absolute atomic E-state index is 13.5. The van der Waals surface area contributed by atoms with Crippen molar-refractivity contribution in [2.24, 2.45) is 5.92 Å². The number of alkyl halides is 1. The van der Waals surface area contributed by atoms with Crippen molar-refractivity contribution in [1.29, 1.82) is 0 Å². The third-order valence-electron chi connectivity index (χ3n) is 2.61. The molecule has 1 rings (SSSR count). The summed E-state index contributed by atoms with van der Waals surface area (Å²) in [6.07, 6.45) is 3.65. The first-order valence-electron chi connectivity index (χ1n) is 4.13. The second-order valence-corrected chi connectivity index (χ2v) is 3.33. The second kappa shape index (κ2) is 3.50. The summed E-state index contributed by atoms with van der Waals surface area (Å²) >= 11 is 0. The molecule has 0 aromatic carbocycles. The Morgan fingerprint density at radius 2 is 1.64 bits per heavy atom. The summed E-state index contributed by atoms with van der Waals surface area (Å²) in [5.41, 5.74) is -1.73. The maximum atomic E-state index is 13.5. The third kappa shape index (κ3) is 1.71. The summed E-state index contributed by atoms with van der Waals surface area (Å²) in [7, 11) is 0. The highest BCUT2D eigenvalue weighted by atomic mass is 19.1. The molecular weight excluding hydrogens is 147 g/mol. The molecule has 0 unspecified atom stereocenters. The number of halogens is 1. The Kier molecular flexibility index (Phi) is 2.84. The molecule has 11 heavy (non-hydrogen) atoms. The molecule has 0 heterocycles. The molecule has 0 radical (unpaired) electrons. The minimum atomic E-state index is -1.73. The Hall–Kier alpha value is -0.150. The van der Waals surface area contributed by atoms with Crippen LogP contribution in [0.15, 0.2) is 0 Å². The molecule has 0 atom stereocenters. The van der Waals surface area contributed by atoms with E-state index >= 15 is 0 Å². The van der Waals surface area contributed by atoms with Gasteiger partial charge in [0.25, 0.3) is 0 Å². The molecule has 0 bridgehead atoms. The molecule has 2 nitrogen and oxygen atoms in total. The van der Waals surface area contributed by atoms with Gasteiger partial charge in [0.1, 0.15) is 0 Å². The summed E-state index contributed by atoms with van der Waals surface area (Å²) in [4.78, 5) is 0. The van der Waals surface area contributed by atoms with Crippen LogP contribution in [0.2, 0.25) is 0 Å². The zero-order valence-corrected chi connectivity index (χ0v) is 6.59. The number of aliphatic hydroxyl groups excluding tert-OH is 2. The van der Waals surface area contributed by atoms with Crippen molar-refractivity contribution >= 4 is 0 Å². The van der Waals surface area contributed by atoms with Gasteiger partial charge < -0.3 is 10.2 Å². The van der Waals surface area contributed by atoms with Crippen molar-refractivity contribution in [2.45, 2.75) is 31.4 Å². The molecule has 0 aliphatic heterocycles. The molecule has 0 saturated heterocycles. The first-order chi connectivity index (χ1) is 5.23. The van der Waals surface area contributed by atoms with E-state index in [-0.39, 0.29) is 5.92 Å². The second-order valence-electron chi connectivity index (χ2n) is 3.33. The SMILES string of the molecule is OCC(F)(CO)C1CCCC1. The Morgan fingerprint density at radius 1 is 1.18 bits per heavy atom. The van der Waals surface area contributed by atoms with Gasteiger partial charge in [0.15, 0.2) is 5.67 Å². The van der Waals surface area contributed by atoms with Gasteiger partial charge in [-0.2, -0.15) is 0 Å². The molecule has 1 saturated carbocycles. The van der Waals surface area contributed by atoms with E-state index in [1.807, 2.05) is 0 Å². The first-order valence-corrected chi connectivity index (χ1v) is 4.13. The average molecular weight is 162 g/mol. The van der Waals surface area contributed by atoms with Gasteiger partial charge in [0.2, 0.25) is 0 Å².